The highest BCUT2D eigenvalue weighted by Crippen LogP contribution is 2.10. The minimum absolute atomic E-state index is 0.151. The number of anilines is 1. The maximum Gasteiger partial charge on any atom is 0.335 e. The molecule has 2 rings (SSSR count). The number of aromatic carboxylic acids is 1. The Kier molecular flexibility index (Phi) is 2.05. The van der Waals surface area contributed by atoms with Gasteiger partial charge in [-0.05, 0) is 34.7 Å². The summed E-state index contributed by atoms with van der Waals surface area (Å²) < 4.78 is 1.31. The van der Waals surface area contributed by atoms with Gasteiger partial charge in [0.25, 0.3) is 0 Å². The summed E-state index contributed by atoms with van der Waals surface area (Å²) in [6.07, 6.45) is 0. The van der Waals surface area contributed by atoms with Crippen LogP contribution in [0.2, 0.25) is 0 Å². The summed E-state index contributed by atoms with van der Waals surface area (Å²) >= 11 is 0. The van der Waals surface area contributed by atoms with Crippen LogP contribution in [0.4, 0.5) is 5.95 Å². The third-order valence-electron chi connectivity index (χ3n) is 1.85. The molecule has 15 heavy (non-hydrogen) atoms. The van der Waals surface area contributed by atoms with Gasteiger partial charge in [-0.3, -0.25) is 0 Å². The molecular formula is C8H7N5O2. The zero-order chi connectivity index (χ0) is 10.8. The van der Waals surface area contributed by atoms with E-state index in [0.717, 1.165) is 0 Å². The Morgan fingerprint density at radius 1 is 1.33 bits per heavy atom. The lowest BCUT2D eigenvalue weighted by Crippen LogP contribution is -2.03. The Labute approximate surface area is 84.1 Å². The van der Waals surface area contributed by atoms with Crippen LogP contribution in [-0.4, -0.2) is 31.3 Å². The van der Waals surface area contributed by atoms with Crippen molar-refractivity contribution in [3.05, 3.63) is 29.8 Å². The van der Waals surface area contributed by atoms with Crippen molar-refractivity contribution in [3.8, 4) is 5.69 Å². The molecule has 1 aromatic carbocycles. The van der Waals surface area contributed by atoms with Crippen LogP contribution >= 0.6 is 0 Å². The number of hydrogen-bond acceptors (Lipinski definition) is 5. The van der Waals surface area contributed by atoms with Gasteiger partial charge in [0.15, 0.2) is 0 Å². The maximum absolute atomic E-state index is 10.6. The fourth-order valence-corrected chi connectivity index (χ4v) is 1.12. The quantitative estimate of drug-likeness (QED) is 0.711. The maximum atomic E-state index is 10.6. The van der Waals surface area contributed by atoms with E-state index in [1.807, 2.05) is 0 Å². The van der Waals surface area contributed by atoms with Crippen LogP contribution in [0.15, 0.2) is 24.3 Å². The molecule has 1 aromatic heterocycles. The Morgan fingerprint density at radius 3 is 2.47 bits per heavy atom. The van der Waals surface area contributed by atoms with Crippen molar-refractivity contribution in [2.45, 2.75) is 0 Å². The van der Waals surface area contributed by atoms with Gasteiger partial charge in [0.1, 0.15) is 0 Å². The number of carboxylic acid groups (broad SMARTS) is 1. The molecule has 0 aliphatic heterocycles. The lowest BCUT2D eigenvalue weighted by molar-refractivity contribution is 0.0697. The van der Waals surface area contributed by atoms with E-state index in [1.165, 1.54) is 16.8 Å². The van der Waals surface area contributed by atoms with Crippen molar-refractivity contribution in [2.75, 3.05) is 5.73 Å². The van der Waals surface area contributed by atoms with Gasteiger partial charge in [0.05, 0.1) is 11.3 Å². The van der Waals surface area contributed by atoms with Crippen LogP contribution in [-0.2, 0) is 0 Å². The summed E-state index contributed by atoms with van der Waals surface area (Å²) in [6.45, 7) is 0. The Balaban J connectivity index is 2.40. The third kappa shape index (κ3) is 1.62. The lowest BCUT2D eigenvalue weighted by atomic mass is 10.2. The van der Waals surface area contributed by atoms with Crippen molar-refractivity contribution in [1.29, 1.82) is 0 Å². The molecule has 0 bridgehead atoms. The molecule has 0 spiro atoms. The standard InChI is InChI=1S/C8H7N5O2/c9-8-10-11-12-13(8)6-3-1-5(2-4-6)7(14)15/h1-4H,(H,14,15)(H2,9,10,12). The van der Waals surface area contributed by atoms with Crippen LogP contribution in [0, 0.1) is 0 Å². The van der Waals surface area contributed by atoms with Crippen LogP contribution in [0.25, 0.3) is 5.69 Å². The average molecular weight is 205 g/mol. The number of nitrogen functional groups attached to an aromatic ring is 1. The molecule has 0 amide bonds. The number of nitrogens with zero attached hydrogens (tertiary/aromatic N) is 4. The fraction of sp³-hybridized carbons (Fsp3) is 0. The predicted molar refractivity (Wildman–Crippen MR) is 50.5 cm³/mol. The van der Waals surface area contributed by atoms with Gasteiger partial charge in [-0.15, -0.1) is 0 Å². The number of nitrogens with two attached hydrogens (primary N) is 1. The number of rotatable bonds is 2. The van der Waals surface area contributed by atoms with Crippen molar-refractivity contribution < 1.29 is 9.90 Å². The number of carboxylic acids is 1. The van der Waals surface area contributed by atoms with E-state index in [-0.39, 0.29) is 11.5 Å². The molecule has 0 aliphatic rings. The monoisotopic (exact) mass is 205 g/mol. The first-order valence-corrected chi connectivity index (χ1v) is 4.06. The summed E-state index contributed by atoms with van der Waals surface area (Å²) in [4.78, 5) is 10.6. The van der Waals surface area contributed by atoms with Gasteiger partial charge in [-0.1, -0.05) is 5.10 Å². The van der Waals surface area contributed by atoms with Gasteiger partial charge >= 0.3 is 5.97 Å². The Hall–Kier alpha value is -2.44. The molecule has 0 radical (unpaired) electrons. The molecular weight excluding hydrogens is 198 g/mol. The number of aromatic nitrogens is 4. The second-order valence-corrected chi connectivity index (χ2v) is 2.80. The molecule has 7 nitrogen and oxygen atoms in total. The minimum Gasteiger partial charge on any atom is -0.478 e. The third-order valence-corrected chi connectivity index (χ3v) is 1.85. The van der Waals surface area contributed by atoms with E-state index in [2.05, 4.69) is 15.5 Å². The Bertz CT molecular complexity index is 490. The largest absolute Gasteiger partial charge is 0.478 e. The number of carbonyl (C=O) groups is 1. The first-order valence-electron chi connectivity index (χ1n) is 4.06. The van der Waals surface area contributed by atoms with Crippen LogP contribution in [0.3, 0.4) is 0 Å². The highest BCUT2D eigenvalue weighted by Gasteiger charge is 2.06. The zero-order valence-corrected chi connectivity index (χ0v) is 7.53. The van der Waals surface area contributed by atoms with Crippen molar-refractivity contribution in [1.82, 2.24) is 20.2 Å². The van der Waals surface area contributed by atoms with Gasteiger partial charge in [-0.2, -0.15) is 4.68 Å². The first kappa shape index (κ1) is 9.13. The number of tetrazole rings is 1. The lowest BCUT2D eigenvalue weighted by Gasteiger charge is -2.00. The molecule has 0 atom stereocenters. The molecule has 7 heteroatoms. The van der Waals surface area contributed by atoms with Crippen molar-refractivity contribution >= 4 is 11.9 Å². The second-order valence-electron chi connectivity index (χ2n) is 2.80. The fourth-order valence-electron chi connectivity index (χ4n) is 1.12. The average Bonchev–Trinajstić information content (AvgIpc) is 2.65. The van der Waals surface area contributed by atoms with E-state index in [1.54, 1.807) is 12.1 Å². The van der Waals surface area contributed by atoms with Crippen LogP contribution < -0.4 is 5.73 Å². The molecule has 0 saturated carbocycles. The zero-order valence-electron chi connectivity index (χ0n) is 7.53. The van der Waals surface area contributed by atoms with Crippen molar-refractivity contribution in [2.24, 2.45) is 0 Å². The van der Waals surface area contributed by atoms with Gasteiger partial charge in [0.2, 0.25) is 5.95 Å². The smallest absolute Gasteiger partial charge is 0.335 e. The summed E-state index contributed by atoms with van der Waals surface area (Å²) in [5.74, 6) is -0.829. The van der Waals surface area contributed by atoms with E-state index < -0.39 is 5.97 Å². The molecule has 3 N–H and O–H groups in total. The highest BCUT2D eigenvalue weighted by molar-refractivity contribution is 5.87. The molecule has 1 heterocycles. The van der Waals surface area contributed by atoms with E-state index >= 15 is 0 Å². The highest BCUT2D eigenvalue weighted by atomic mass is 16.4. The van der Waals surface area contributed by atoms with E-state index in [4.69, 9.17) is 10.8 Å². The summed E-state index contributed by atoms with van der Waals surface area (Å²) in [7, 11) is 0. The number of benzene rings is 1. The molecule has 2 aromatic rings. The van der Waals surface area contributed by atoms with E-state index in [9.17, 15) is 4.79 Å². The summed E-state index contributed by atoms with van der Waals surface area (Å²) in [6, 6.07) is 6.07. The Morgan fingerprint density at radius 2 is 2.00 bits per heavy atom. The SMILES string of the molecule is Nc1nnnn1-c1ccc(C(=O)O)cc1. The number of hydrogen-bond donors (Lipinski definition) is 2. The second kappa shape index (κ2) is 3.37. The summed E-state index contributed by atoms with van der Waals surface area (Å²) in [5, 5.41) is 19.2. The van der Waals surface area contributed by atoms with Gasteiger partial charge in [-0.25, -0.2) is 4.79 Å². The molecule has 0 fully saturated rings. The topological polar surface area (TPSA) is 107 Å². The molecule has 0 unspecified atom stereocenters. The van der Waals surface area contributed by atoms with E-state index in [0.29, 0.717) is 5.69 Å². The molecule has 0 saturated heterocycles. The molecule has 0 aliphatic carbocycles. The first-order chi connectivity index (χ1) is 7.18. The van der Waals surface area contributed by atoms with Gasteiger partial charge in [0, 0.05) is 0 Å². The molecule has 76 valence electrons. The van der Waals surface area contributed by atoms with Gasteiger partial charge < -0.3 is 10.8 Å². The van der Waals surface area contributed by atoms with Crippen LogP contribution in [0.5, 0.6) is 0 Å². The minimum atomic E-state index is -0.980. The normalized spacial score (nSPS) is 10.1. The van der Waals surface area contributed by atoms with Crippen LogP contribution in [0.1, 0.15) is 10.4 Å². The predicted octanol–water partition coefficient (Wildman–Crippen LogP) is -0.0573. The van der Waals surface area contributed by atoms with Crippen molar-refractivity contribution in [3.63, 3.8) is 0 Å². The summed E-state index contributed by atoms with van der Waals surface area (Å²) in [5.41, 5.74) is 6.29.